The third-order valence-corrected chi connectivity index (χ3v) is 3.99. The predicted molar refractivity (Wildman–Crippen MR) is 81.7 cm³/mol. The van der Waals surface area contributed by atoms with Gasteiger partial charge in [0.1, 0.15) is 19.0 Å². The third kappa shape index (κ3) is 5.31. The van der Waals surface area contributed by atoms with Crippen molar-refractivity contribution in [2.75, 3.05) is 13.2 Å². The summed E-state index contributed by atoms with van der Waals surface area (Å²) >= 11 is 0. The van der Waals surface area contributed by atoms with Gasteiger partial charge in [-0.2, -0.15) is 8.42 Å². The zero-order valence-corrected chi connectivity index (χ0v) is 12.7. The first-order chi connectivity index (χ1) is 10.6. The summed E-state index contributed by atoms with van der Waals surface area (Å²) in [6.45, 7) is -0.324. The number of esters is 1. The highest BCUT2D eigenvalue weighted by molar-refractivity contribution is 7.85. The summed E-state index contributed by atoms with van der Waals surface area (Å²) in [4.78, 5) is 11.6. The smallest absolute Gasteiger partial charge is 0.338 e. The van der Waals surface area contributed by atoms with E-state index in [0.29, 0.717) is 11.1 Å². The Kier molecular flexibility index (Phi) is 5.68. The van der Waals surface area contributed by atoms with Crippen molar-refractivity contribution in [2.45, 2.75) is 5.75 Å². The molecule has 0 bridgehead atoms. The maximum atomic E-state index is 11.8. The van der Waals surface area contributed by atoms with E-state index in [-0.39, 0.29) is 19.0 Å². The van der Waals surface area contributed by atoms with Crippen LogP contribution in [0.4, 0.5) is 0 Å². The van der Waals surface area contributed by atoms with E-state index in [0.717, 1.165) is 0 Å². The van der Waals surface area contributed by atoms with Crippen molar-refractivity contribution in [2.24, 2.45) is 0 Å². The second-order valence-corrected chi connectivity index (χ2v) is 6.15. The SMILES string of the molecule is O=C(OCCOS(=O)(=O)Cc1ccccc1)c1ccccc1. The zero-order valence-electron chi connectivity index (χ0n) is 11.8. The minimum atomic E-state index is -3.69. The van der Waals surface area contributed by atoms with Crippen LogP contribution >= 0.6 is 0 Å². The van der Waals surface area contributed by atoms with E-state index in [1.54, 1.807) is 60.7 Å². The molecule has 0 saturated heterocycles. The molecule has 0 amide bonds. The van der Waals surface area contributed by atoms with E-state index in [1.807, 2.05) is 0 Å². The first-order valence-electron chi connectivity index (χ1n) is 6.70. The number of rotatable bonds is 7. The monoisotopic (exact) mass is 320 g/mol. The molecule has 2 rings (SSSR count). The Bertz CT molecular complexity index is 696. The van der Waals surface area contributed by atoms with Gasteiger partial charge in [-0.25, -0.2) is 4.79 Å². The summed E-state index contributed by atoms with van der Waals surface area (Å²) in [7, 11) is -3.69. The number of carbonyl (C=O) groups is 1. The maximum absolute atomic E-state index is 11.8. The molecule has 0 spiro atoms. The number of carbonyl (C=O) groups excluding carboxylic acids is 1. The molecule has 0 saturated carbocycles. The summed E-state index contributed by atoms with van der Waals surface area (Å²) in [6, 6.07) is 17.2. The molecule has 0 unspecified atom stereocenters. The van der Waals surface area contributed by atoms with Gasteiger partial charge in [0.15, 0.2) is 0 Å². The summed E-state index contributed by atoms with van der Waals surface area (Å²) < 4.78 is 33.3. The fourth-order valence-electron chi connectivity index (χ4n) is 1.77. The van der Waals surface area contributed by atoms with Crippen LogP contribution in [0.2, 0.25) is 0 Å². The van der Waals surface area contributed by atoms with Crippen LogP contribution in [0.1, 0.15) is 15.9 Å². The molecule has 0 aromatic heterocycles. The van der Waals surface area contributed by atoms with E-state index < -0.39 is 16.1 Å². The lowest BCUT2D eigenvalue weighted by Crippen LogP contribution is -2.15. The van der Waals surface area contributed by atoms with Crippen molar-refractivity contribution in [3.63, 3.8) is 0 Å². The van der Waals surface area contributed by atoms with E-state index in [2.05, 4.69) is 0 Å². The highest BCUT2D eigenvalue weighted by Crippen LogP contribution is 2.07. The topological polar surface area (TPSA) is 69.7 Å². The van der Waals surface area contributed by atoms with Gasteiger partial charge in [0.05, 0.1) is 5.56 Å². The normalized spacial score (nSPS) is 11.1. The lowest BCUT2D eigenvalue weighted by molar-refractivity contribution is 0.0453. The molecule has 0 heterocycles. The van der Waals surface area contributed by atoms with Gasteiger partial charge in [-0.15, -0.1) is 0 Å². The predicted octanol–water partition coefficient (Wildman–Crippen LogP) is 2.39. The number of benzene rings is 2. The molecular formula is C16H16O5S. The fourth-order valence-corrected chi connectivity index (χ4v) is 2.78. The van der Waals surface area contributed by atoms with Gasteiger partial charge in [-0.1, -0.05) is 48.5 Å². The van der Waals surface area contributed by atoms with Crippen molar-refractivity contribution in [3.8, 4) is 0 Å². The van der Waals surface area contributed by atoms with E-state index in [4.69, 9.17) is 8.92 Å². The fraction of sp³-hybridized carbons (Fsp3) is 0.188. The average molecular weight is 320 g/mol. The van der Waals surface area contributed by atoms with Crippen LogP contribution in [0.3, 0.4) is 0 Å². The van der Waals surface area contributed by atoms with Gasteiger partial charge in [0, 0.05) is 0 Å². The summed E-state index contributed by atoms with van der Waals surface area (Å²) in [6.07, 6.45) is 0. The molecule has 22 heavy (non-hydrogen) atoms. The average Bonchev–Trinajstić information content (AvgIpc) is 2.53. The molecule has 116 valence electrons. The Balaban J connectivity index is 1.75. The van der Waals surface area contributed by atoms with Gasteiger partial charge < -0.3 is 4.74 Å². The lowest BCUT2D eigenvalue weighted by Gasteiger charge is -2.07. The van der Waals surface area contributed by atoms with Crippen LogP contribution in [0.5, 0.6) is 0 Å². The molecule has 0 atom stereocenters. The highest BCUT2D eigenvalue weighted by Gasteiger charge is 2.13. The summed E-state index contributed by atoms with van der Waals surface area (Å²) in [5, 5.41) is 0. The highest BCUT2D eigenvalue weighted by atomic mass is 32.2. The van der Waals surface area contributed by atoms with Crippen molar-refractivity contribution in [1.82, 2.24) is 0 Å². The number of hydrogen-bond donors (Lipinski definition) is 0. The van der Waals surface area contributed by atoms with E-state index in [1.165, 1.54) is 0 Å². The second-order valence-electron chi connectivity index (χ2n) is 4.51. The molecule has 0 N–H and O–H groups in total. The van der Waals surface area contributed by atoms with Crippen LogP contribution in [0.15, 0.2) is 60.7 Å². The quantitative estimate of drug-likeness (QED) is 0.445. The van der Waals surface area contributed by atoms with Crippen LogP contribution in [0, 0.1) is 0 Å². The second kappa shape index (κ2) is 7.72. The molecule has 0 aliphatic heterocycles. The first kappa shape index (κ1) is 16.2. The lowest BCUT2D eigenvalue weighted by atomic mass is 10.2. The summed E-state index contributed by atoms with van der Waals surface area (Å²) in [5.74, 6) is -0.717. The molecule has 0 aliphatic rings. The van der Waals surface area contributed by atoms with Gasteiger partial charge in [-0.05, 0) is 17.7 Å². The third-order valence-electron chi connectivity index (χ3n) is 2.78. The Hall–Kier alpha value is -2.18. The minimum absolute atomic E-state index is 0.123. The molecule has 0 fully saturated rings. The van der Waals surface area contributed by atoms with Crippen molar-refractivity contribution >= 4 is 16.1 Å². The van der Waals surface area contributed by atoms with Crippen LogP contribution in [-0.2, 0) is 24.8 Å². The van der Waals surface area contributed by atoms with Crippen LogP contribution < -0.4 is 0 Å². The number of ether oxygens (including phenoxy) is 1. The standard InChI is InChI=1S/C16H16O5S/c17-16(15-9-5-2-6-10-15)20-11-12-21-22(18,19)13-14-7-3-1-4-8-14/h1-10H,11-13H2. The van der Waals surface area contributed by atoms with Crippen molar-refractivity contribution < 1.29 is 22.1 Å². The van der Waals surface area contributed by atoms with Gasteiger partial charge >= 0.3 is 5.97 Å². The molecule has 6 heteroatoms. The van der Waals surface area contributed by atoms with Crippen LogP contribution in [0.25, 0.3) is 0 Å². The molecule has 0 radical (unpaired) electrons. The Morgan fingerprint density at radius 1 is 0.864 bits per heavy atom. The Morgan fingerprint density at radius 2 is 1.45 bits per heavy atom. The zero-order chi connectivity index (χ0) is 15.8. The van der Waals surface area contributed by atoms with Gasteiger partial charge in [0.2, 0.25) is 0 Å². The maximum Gasteiger partial charge on any atom is 0.338 e. The molecular weight excluding hydrogens is 304 g/mol. The van der Waals surface area contributed by atoms with E-state index in [9.17, 15) is 13.2 Å². The molecule has 5 nitrogen and oxygen atoms in total. The van der Waals surface area contributed by atoms with Gasteiger partial charge in [0.25, 0.3) is 10.1 Å². The minimum Gasteiger partial charge on any atom is -0.460 e. The van der Waals surface area contributed by atoms with Gasteiger partial charge in [-0.3, -0.25) is 4.18 Å². The van der Waals surface area contributed by atoms with Crippen molar-refractivity contribution in [1.29, 1.82) is 0 Å². The Labute approximate surface area is 129 Å². The van der Waals surface area contributed by atoms with E-state index >= 15 is 0 Å². The van der Waals surface area contributed by atoms with Crippen LogP contribution in [-0.4, -0.2) is 27.6 Å². The van der Waals surface area contributed by atoms with Crippen molar-refractivity contribution in [3.05, 3.63) is 71.8 Å². The molecule has 0 aliphatic carbocycles. The Morgan fingerprint density at radius 3 is 2.09 bits per heavy atom. The molecule has 2 aromatic carbocycles. The first-order valence-corrected chi connectivity index (χ1v) is 8.28. The summed E-state index contributed by atoms with van der Waals surface area (Å²) in [5.41, 5.74) is 1.05. The largest absolute Gasteiger partial charge is 0.460 e. The molecule has 2 aromatic rings. The number of hydrogen-bond acceptors (Lipinski definition) is 5.